The van der Waals surface area contributed by atoms with Crippen molar-refractivity contribution in [1.29, 1.82) is 0 Å². The number of anilines is 1. The van der Waals surface area contributed by atoms with Crippen LogP contribution in [0, 0.1) is 0 Å². The fraction of sp³-hybridized carbons (Fsp3) is 0.444. The monoisotopic (exact) mass is 316 g/mol. The first-order chi connectivity index (χ1) is 11.0. The second-order valence-electron chi connectivity index (χ2n) is 6.14. The van der Waals surface area contributed by atoms with E-state index in [0.29, 0.717) is 6.54 Å². The summed E-state index contributed by atoms with van der Waals surface area (Å²) in [6, 6.07) is 7.21. The number of nitrogens with one attached hydrogen (secondary N) is 2. The maximum Gasteiger partial charge on any atom is 0.244 e. The highest BCUT2D eigenvalue weighted by Crippen LogP contribution is 2.27. The lowest BCUT2D eigenvalue weighted by atomic mass is 9.85. The first-order valence-electron chi connectivity index (χ1n) is 8.03. The Labute approximate surface area is 136 Å². The smallest absolute Gasteiger partial charge is 0.244 e. The van der Waals surface area contributed by atoms with E-state index in [9.17, 15) is 14.7 Å². The lowest BCUT2D eigenvalue weighted by Crippen LogP contribution is -2.43. The number of carbonyl (C=O) groups excluding carboxylic acids is 2. The molecular formula is C18H24N2O3. The molecule has 2 amide bonds. The van der Waals surface area contributed by atoms with Crippen LogP contribution in [0.15, 0.2) is 30.3 Å². The number of carbonyl (C=O) groups is 2. The Morgan fingerprint density at radius 3 is 2.43 bits per heavy atom. The van der Waals surface area contributed by atoms with Crippen molar-refractivity contribution in [1.82, 2.24) is 5.32 Å². The molecule has 5 heteroatoms. The van der Waals surface area contributed by atoms with E-state index in [0.717, 1.165) is 43.4 Å². The van der Waals surface area contributed by atoms with E-state index in [1.807, 2.05) is 12.1 Å². The van der Waals surface area contributed by atoms with E-state index >= 15 is 0 Å². The molecule has 0 radical (unpaired) electrons. The molecule has 1 aromatic carbocycles. The van der Waals surface area contributed by atoms with Gasteiger partial charge in [0.2, 0.25) is 11.8 Å². The standard InChI is InChI=1S/C18H24N2O3/c1-14(21)20-16-8-5-15(6-9-16)7-10-17(22)19-13-18(23)11-3-2-4-12-18/h5-10,23H,2-4,11-13H2,1H3,(H,19,22)(H,20,21). The van der Waals surface area contributed by atoms with Gasteiger partial charge in [0.1, 0.15) is 0 Å². The highest BCUT2D eigenvalue weighted by Gasteiger charge is 2.29. The number of benzene rings is 1. The van der Waals surface area contributed by atoms with Crippen molar-refractivity contribution in [3.05, 3.63) is 35.9 Å². The number of rotatable bonds is 5. The van der Waals surface area contributed by atoms with Crippen molar-refractivity contribution < 1.29 is 14.7 Å². The van der Waals surface area contributed by atoms with Crippen molar-refractivity contribution in [2.75, 3.05) is 11.9 Å². The zero-order valence-electron chi connectivity index (χ0n) is 13.5. The normalized spacial score (nSPS) is 17.0. The SMILES string of the molecule is CC(=O)Nc1ccc(C=CC(=O)NCC2(O)CCCCC2)cc1. The topological polar surface area (TPSA) is 78.4 Å². The average molecular weight is 316 g/mol. The summed E-state index contributed by atoms with van der Waals surface area (Å²) in [5.74, 6) is -0.330. The van der Waals surface area contributed by atoms with Gasteiger partial charge in [0.15, 0.2) is 0 Å². The van der Waals surface area contributed by atoms with Gasteiger partial charge in [-0.15, -0.1) is 0 Å². The van der Waals surface area contributed by atoms with Crippen LogP contribution < -0.4 is 10.6 Å². The maximum atomic E-state index is 11.8. The molecule has 0 atom stereocenters. The number of hydrogen-bond acceptors (Lipinski definition) is 3. The molecule has 0 aromatic heterocycles. The van der Waals surface area contributed by atoms with Gasteiger partial charge in [-0.1, -0.05) is 31.4 Å². The van der Waals surface area contributed by atoms with Gasteiger partial charge in [-0.2, -0.15) is 0 Å². The van der Waals surface area contributed by atoms with Gasteiger partial charge in [0.05, 0.1) is 5.60 Å². The fourth-order valence-electron chi connectivity index (χ4n) is 2.75. The molecule has 5 nitrogen and oxygen atoms in total. The Balaban J connectivity index is 1.82. The zero-order chi connectivity index (χ0) is 16.7. The Hall–Kier alpha value is -2.14. The van der Waals surface area contributed by atoms with Crippen molar-refractivity contribution >= 4 is 23.6 Å². The van der Waals surface area contributed by atoms with Crippen molar-refractivity contribution in [3.8, 4) is 0 Å². The van der Waals surface area contributed by atoms with E-state index in [2.05, 4.69) is 10.6 Å². The second-order valence-corrected chi connectivity index (χ2v) is 6.14. The van der Waals surface area contributed by atoms with Crippen LogP contribution in [0.1, 0.15) is 44.6 Å². The molecule has 0 saturated heterocycles. The summed E-state index contributed by atoms with van der Waals surface area (Å²) in [4.78, 5) is 22.8. The molecule has 0 bridgehead atoms. The highest BCUT2D eigenvalue weighted by molar-refractivity contribution is 5.92. The molecule has 1 fully saturated rings. The van der Waals surface area contributed by atoms with Crippen molar-refractivity contribution in [2.24, 2.45) is 0 Å². The molecular weight excluding hydrogens is 292 g/mol. The Morgan fingerprint density at radius 1 is 1.17 bits per heavy atom. The summed E-state index contributed by atoms with van der Waals surface area (Å²) in [5.41, 5.74) is 0.839. The Bertz CT molecular complexity index is 572. The second kappa shape index (κ2) is 7.92. The summed E-state index contributed by atoms with van der Waals surface area (Å²) < 4.78 is 0. The molecule has 0 unspecified atom stereocenters. The van der Waals surface area contributed by atoms with Gasteiger partial charge >= 0.3 is 0 Å². The van der Waals surface area contributed by atoms with Gasteiger partial charge in [-0.3, -0.25) is 9.59 Å². The fourth-order valence-corrected chi connectivity index (χ4v) is 2.75. The highest BCUT2D eigenvalue weighted by atomic mass is 16.3. The predicted molar refractivity (Wildman–Crippen MR) is 90.8 cm³/mol. The van der Waals surface area contributed by atoms with Gasteiger partial charge in [0.25, 0.3) is 0 Å². The molecule has 0 spiro atoms. The molecule has 0 heterocycles. The number of amides is 2. The zero-order valence-corrected chi connectivity index (χ0v) is 13.5. The van der Waals surface area contributed by atoms with Crippen molar-refractivity contribution in [3.63, 3.8) is 0 Å². The molecule has 1 saturated carbocycles. The Morgan fingerprint density at radius 2 is 1.83 bits per heavy atom. The van der Waals surface area contributed by atoms with Crippen LogP contribution in [-0.4, -0.2) is 29.1 Å². The first kappa shape index (κ1) is 17.2. The van der Waals surface area contributed by atoms with Crippen LogP contribution in [0.5, 0.6) is 0 Å². The molecule has 3 N–H and O–H groups in total. The van der Waals surface area contributed by atoms with Crippen LogP contribution in [-0.2, 0) is 9.59 Å². The largest absolute Gasteiger partial charge is 0.388 e. The van der Waals surface area contributed by atoms with E-state index in [-0.39, 0.29) is 11.8 Å². The summed E-state index contributed by atoms with van der Waals surface area (Å²) in [6.45, 7) is 1.76. The minimum atomic E-state index is -0.748. The van der Waals surface area contributed by atoms with Crippen molar-refractivity contribution in [2.45, 2.75) is 44.6 Å². The molecule has 124 valence electrons. The van der Waals surface area contributed by atoms with Gasteiger partial charge < -0.3 is 15.7 Å². The predicted octanol–water partition coefficient (Wildman–Crippen LogP) is 2.47. The van der Waals surface area contributed by atoms with E-state index in [4.69, 9.17) is 0 Å². The molecule has 2 rings (SSSR count). The third-order valence-corrected chi connectivity index (χ3v) is 4.03. The maximum absolute atomic E-state index is 11.8. The minimum absolute atomic E-state index is 0.117. The summed E-state index contributed by atoms with van der Waals surface area (Å²) in [5, 5.41) is 15.8. The molecule has 1 aliphatic rings. The van der Waals surface area contributed by atoms with Crippen LogP contribution in [0.25, 0.3) is 6.08 Å². The van der Waals surface area contributed by atoms with Crippen LogP contribution in [0.3, 0.4) is 0 Å². The van der Waals surface area contributed by atoms with Gasteiger partial charge in [-0.05, 0) is 36.6 Å². The molecule has 1 aromatic rings. The summed E-state index contributed by atoms with van der Waals surface area (Å²) in [6.07, 6.45) is 7.86. The van der Waals surface area contributed by atoms with Crippen LogP contribution in [0.4, 0.5) is 5.69 Å². The minimum Gasteiger partial charge on any atom is -0.388 e. The lowest BCUT2D eigenvalue weighted by Gasteiger charge is -2.31. The third-order valence-electron chi connectivity index (χ3n) is 4.03. The molecule has 1 aliphatic carbocycles. The lowest BCUT2D eigenvalue weighted by molar-refractivity contribution is -0.118. The van der Waals surface area contributed by atoms with Gasteiger partial charge in [0, 0.05) is 25.2 Å². The summed E-state index contributed by atoms with van der Waals surface area (Å²) >= 11 is 0. The quantitative estimate of drug-likeness (QED) is 0.730. The van der Waals surface area contributed by atoms with E-state index in [1.165, 1.54) is 13.0 Å². The van der Waals surface area contributed by atoms with Crippen LogP contribution >= 0.6 is 0 Å². The van der Waals surface area contributed by atoms with Gasteiger partial charge in [-0.25, -0.2) is 0 Å². The average Bonchev–Trinajstić information content (AvgIpc) is 2.52. The van der Waals surface area contributed by atoms with E-state index < -0.39 is 5.60 Å². The number of hydrogen-bond donors (Lipinski definition) is 3. The number of aliphatic hydroxyl groups is 1. The molecule has 0 aliphatic heterocycles. The first-order valence-corrected chi connectivity index (χ1v) is 8.03. The summed E-state index contributed by atoms with van der Waals surface area (Å²) in [7, 11) is 0. The van der Waals surface area contributed by atoms with E-state index in [1.54, 1.807) is 18.2 Å². The Kier molecular flexibility index (Phi) is 5.93. The van der Waals surface area contributed by atoms with Crippen LogP contribution in [0.2, 0.25) is 0 Å². The third kappa shape index (κ3) is 5.87. The molecule has 23 heavy (non-hydrogen) atoms.